The summed E-state index contributed by atoms with van der Waals surface area (Å²) in [7, 11) is 4.31. The Hall–Kier alpha value is -0.00506. The SMILES string of the molecule is CCCCCCCCCCC[N+](C)(C)[BH-](Br)C#N. The third-order valence-corrected chi connectivity index (χ3v) is 5.36. The third kappa shape index (κ3) is 9.00. The van der Waals surface area contributed by atoms with Gasteiger partial charge in [0.15, 0.2) is 0 Å². The molecule has 18 heavy (non-hydrogen) atoms. The highest BCUT2D eigenvalue weighted by Gasteiger charge is 2.18. The Morgan fingerprint density at radius 3 is 1.83 bits per heavy atom. The van der Waals surface area contributed by atoms with Crippen molar-refractivity contribution in [2.75, 3.05) is 20.6 Å². The van der Waals surface area contributed by atoms with Crippen molar-refractivity contribution in [2.24, 2.45) is 0 Å². The van der Waals surface area contributed by atoms with E-state index >= 15 is 0 Å². The van der Waals surface area contributed by atoms with Gasteiger partial charge in [-0.05, 0) is 12.8 Å². The number of nitrogens with zero attached hydrogens (tertiary/aromatic N) is 2. The lowest BCUT2D eigenvalue weighted by Gasteiger charge is -2.40. The van der Waals surface area contributed by atoms with Crippen LogP contribution in [0.1, 0.15) is 64.7 Å². The van der Waals surface area contributed by atoms with Gasteiger partial charge < -0.3 is 4.39 Å². The van der Waals surface area contributed by atoms with Crippen molar-refractivity contribution in [1.82, 2.24) is 0 Å². The fourth-order valence-corrected chi connectivity index (χ4v) is 2.43. The number of hydrogen-bond acceptors (Lipinski definition) is 1. The normalized spacial score (nSPS) is 13.3. The smallest absolute Gasteiger partial charge is 0.353 e. The minimum Gasteiger partial charge on any atom is -0.501 e. The molecule has 0 fully saturated rings. The van der Waals surface area contributed by atoms with Crippen molar-refractivity contribution in [3.63, 3.8) is 0 Å². The Morgan fingerprint density at radius 2 is 1.39 bits per heavy atom. The summed E-state index contributed by atoms with van der Waals surface area (Å²) in [5.41, 5.74) is -0.879. The van der Waals surface area contributed by atoms with Gasteiger partial charge in [-0.1, -0.05) is 57.8 Å². The van der Waals surface area contributed by atoms with Crippen LogP contribution >= 0.6 is 15.8 Å². The summed E-state index contributed by atoms with van der Waals surface area (Å²) in [6, 6.07) is 0. The first kappa shape index (κ1) is 18.0. The highest BCUT2D eigenvalue weighted by atomic mass is 79.9. The molecule has 0 aliphatic rings. The van der Waals surface area contributed by atoms with E-state index in [0.29, 0.717) is 0 Å². The Balaban J connectivity index is 3.38. The van der Waals surface area contributed by atoms with Crippen molar-refractivity contribution >= 4 is 21.4 Å². The maximum absolute atomic E-state index is 8.94. The largest absolute Gasteiger partial charge is 0.501 e. The monoisotopic (exact) mass is 316 g/mol. The summed E-state index contributed by atoms with van der Waals surface area (Å²) in [6.07, 6.45) is 12.3. The zero-order valence-corrected chi connectivity index (χ0v) is 14.1. The first-order chi connectivity index (χ1) is 8.54. The molecule has 2 nitrogen and oxygen atoms in total. The molecular weight excluding hydrogens is 287 g/mol. The number of unbranched alkanes of at least 4 members (excludes halogenated alkanes) is 8. The van der Waals surface area contributed by atoms with Crippen LogP contribution in [0, 0.1) is 11.2 Å². The van der Waals surface area contributed by atoms with Crippen molar-refractivity contribution in [3.8, 4) is 5.97 Å². The molecule has 0 bridgehead atoms. The number of quaternary nitrogens is 1. The second kappa shape index (κ2) is 10.9. The van der Waals surface area contributed by atoms with Gasteiger partial charge >= 0.3 is 5.67 Å². The molecule has 0 radical (unpaired) electrons. The number of hydrogen-bond donors (Lipinski definition) is 0. The van der Waals surface area contributed by atoms with Gasteiger partial charge in [0, 0.05) is 20.6 Å². The van der Waals surface area contributed by atoms with E-state index in [0.717, 1.165) is 10.9 Å². The minimum absolute atomic E-state index is 0.840. The van der Waals surface area contributed by atoms with E-state index < -0.39 is 5.67 Å². The fraction of sp³-hybridized carbons (Fsp3) is 0.929. The van der Waals surface area contributed by atoms with E-state index in [1.165, 1.54) is 57.8 Å². The molecule has 0 aromatic heterocycles. The van der Waals surface area contributed by atoms with Gasteiger partial charge in [-0.25, -0.2) is 5.26 Å². The van der Waals surface area contributed by atoms with Gasteiger partial charge in [-0.3, -0.25) is 15.8 Å². The molecule has 1 atom stereocenters. The lowest BCUT2D eigenvalue weighted by molar-refractivity contribution is -0.779. The van der Waals surface area contributed by atoms with E-state index in [2.05, 4.69) is 42.7 Å². The van der Waals surface area contributed by atoms with Crippen LogP contribution in [0.4, 0.5) is 0 Å². The zero-order chi connectivity index (χ0) is 13.9. The standard InChI is InChI=1S/C14H30BBrN2/c1-4-5-6-7-8-9-10-11-12-13-18(2,3)15(16)14-17/h15H,4-13H2,1-3H3. The topological polar surface area (TPSA) is 23.8 Å². The first-order valence-electron chi connectivity index (χ1n) is 7.58. The summed E-state index contributed by atoms with van der Waals surface area (Å²) >= 11 is 3.51. The molecular formula is C14H30BBrN2. The van der Waals surface area contributed by atoms with Crippen LogP contribution in [0.2, 0.25) is 0 Å². The van der Waals surface area contributed by atoms with Crippen LogP contribution in [0.25, 0.3) is 0 Å². The third-order valence-electron chi connectivity index (χ3n) is 3.75. The van der Waals surface area contributed by atoms with E-state index in [9.17, 15) is 0 Å². The Kier molecular flexibility index (Phi) is 10.9. The molecule has 0 amide bonds. The summed E-state index contributed by atoms with van der Waals surface area (Å²) in [6.45, 7) is 3.38. The zero-order valence-electron chi connectivity index (χ0n) is 12.6. The molecule has 0 aromatic rings. The van der Waals surface area contributed by atoms with Crippen molar-refractivity contribution < 1.29 is 4.39 Å². The summed E-state index contributed by atoms with van der Waals surface area (Å²) < 4.78 is 0.840. The molecule has 0 aromatic carbocycles. The second-order valence-corrected chi connectivity index (χ2v) is 7.12. The highest BCUT2D eigenvalue weighted by Crippen LogP contribution is 2.13. The molecule has 1 unspecified atom stereocenters. The molecule has 0 heterocycles. The Bertz CT molecular complexity index is 238. The molecule has 0 saturated heterocycles. The van der Waals surface area contributed by atoms with Crippen LogP contribution in [-0.2, 0) is 0 Å². The summed E-state index contributed by atoms with van der Waals surface area (Å²) in [5, 5.41) is 8.94. The van der Waals surface area contributed by atoms with E-state index in [4.69, 9.17) is 5.26 Å². The van der Waals surface area contributed by atoms with Crippen LogP contribution < -0.4 is 0 Å². The van der Waals surface area contributed by atoms with Gasteiger partial charge in [0.25, 0.3) is 0 Å². The molecule has 4 heteroatoms. The molecule has 0 aliphatic carbocycles. The highest BCUT2D eigenvalue weighted by molar-refractivity contribution is 9.24. The second-order valence-electron chi connectivity index (χ2n) is 6.06. The molecule has 0 N–H and O–H groups in total. The van der Waals surface area contributed by atoms with Crippen molar-refractivity contribution in [1.29, 1.82) is 5.26 Å². The first-order valence-corrected chi connectivity index (χ1v) is 8.70. The van der Waals surface area contributed by atoms with Gasteiger partial charge in [0.05, 0.1) is 0 Å². The Labute approximate surface area is 122 Å². The van der Waals surface area contributed by atoms with Gasteiger partial charge in [0.2, 0.25) is 0 Å². The number of rotatable bonds is 11. The maximum atomic E-state index is 8.94. The lowest BCUT2D eigenvalue weighted by atomic mass is 9.90. The van der Waals surface area contributed by atoms with E-state index in [-0.39, 0.29) is 0 Å². The van der Waals surface area contributed by atoms with Crippen molar-refractivity contribution in [2.45, 2.75) is 64.7 Å². The molecule has 0 rings (SSSR count). The number of halogens is 1. The summed E-state index contributed by atoms with van der Waals surface area (Å²) in [5.74, 6) is 2.36. The van der Waals surface area contributed by atoms with Crippen LogP contribution in [-0.4, -0.2) is 30.7 Å². The average Bonchev–Trinajstić information content (AvgIpc) is 2.35. The molecule has 0 saturated carbocycles. The predicted molar refractivity (Wildman–Crippen MR) is 85.9 cm³/mol. The van der Waals surface area contributed by atoms with Crippen LogP contribution in [0.3, 0.4) is 0 Å². The van der Waals surface area contributed by atoms with Crippen LogP contribution in [0.5, 0.6) is 0 Å². The quantitative estimate of drug-likeness (QED) is 0.412. The number of nitriles is 1. The summed E-state index contributed by atoms with van der Waals surface area (Å²) in [4.78, 5) is 0. The molecule has 0 aliphatic heterocycles. The van der Waals surface area contributed by atoms with Crippen molar-refractivity contribution in [3.05, 3.63) is 0 Å². The lowest BCUT2D eigenvalue weighted by Crippen LogP contribution is -2.49. The molecule has 0 spiro atoms. The van der Waals surface area contributed by atoms with Gasteiger partial charge in [0.1, 0.15) is 0 Å². The van der Waals surface area contributed by atoms with E-state index in [1.807, 2.05) is 0 Å². The average molecular weight is 317 g/mol. The molecule has 106 valence electrons. The predicted octanol–water partition coefficient (Wildman–Crippen LogP) is 4.27. The van der Waals surface area contributed by atoms with Crippen LogP contribution in [0.15, 0.2) is 0 Å². The van der Waals surface area contributed by atoms with Gasteiger partial charge in [-0.2, -0.15) is 0 Å². The Morgan fingerprint density at radius 1 is 0.944 bits per heavy atom. The van der Waals surface area contributed by atoms with E-state index in [1.54, 1.807) is 0 Å². The minimum atomic E-state index is -0.879. The maximum Gasteiger partial charge on any atom is 0.353 e. The fourth-order valence-electron chi connectivity index (χ4n) is 2.18. The van der Waals surface area contributed by atoms with Gasteiger partial charge in [-0.15, -0.1) is 0 Å².